The Bertz CT molecular complexity index is 542. The van der Waals surface area contributed by atoms with Crippen LogP contribution in [-0.4, -0.2) is 11.8 Å². The van der Waals surface area contributed by atoms with Crippen molar-refractivity contribution in [1.29, 1.82) is 0 Å². The van der Waals surface area contributed by atoms with E-state index >= 15 is 0 Å². The first-order chi connectivity index (χ1) is 10.0. The van der Waals surface area contributed by atoms with Gasteiger partial charge in [0.2, 0.25) is 5.91 Å². The molecular formula is C16H23N3O2. The Balaban J connectivity index is 2.37. The Morgan fingerprint density at radius 3 is 2.29 bits per heavy atom. The maximum absolute atomic E-state index is 11.8. The van der Waals surface area contributed by atoms with Crippen LogP contribution in [0.2, 0.25) is 0 Å². The first-order valence-electron chi connectivity index (χ1n) is 7.49. The van der Waals surface area contributed by atoms with Crippen molar-refractivity contribution in [3.8, 4) is 0 Å². The van der Waals surface area contributed by atoms with E-state index in [1.54, 1.807) is 12.1 Å². The van der Waals surface area contributed by atoms with Gasteiger partial charge in [-0.3, -0.25) is 9.59 Å². The van der Waals surface area contributed by atoms with Crippen LogP contribution in [0.15, 0.2) is 18.2 Å². The molecule has 114 valence electrons. The Labute approximate surface area is 124 Å². The van der Waals surface area contributed by atoms with Gasteiger partial charge in [0.05, 0.1) is 5.56 Å². The molecule has 1 aliphatic carbocycles. The molecule has 5 heteroatoms. The monoisotopic (exact) mass is 289 g/mol. The van der Waals surface area contributed by atoms with E-state index in [4.69, 9.17) is 17.2 Å². The summed E-state index contributed by atoms with van der Waals surface area (Å²) in [6.07, 6.45) is 6.09. The zero-order valence-electron chi connectivity index (χ0n) is 12.2. The summed E-state index contributed by atoms with van der Waals surface area (Å²) in [7, 11) is 0. The number of anilines is 1. The predicted octanol–water partition coefficient (Wildman–Crippen LogP) is 1.91. The molecule has 21 heavy (non-hydrogen) atoms. The number of hydrogen-bond donors (Lipinski definition) is 3. The highest BCUT2D eigenvalue weighted by molar-refractivity contribution is 5.98. The molecular weight excluding hydrogens is 266 g/mol. The van der Waals surface area contributed by atoms with Crippen molar-refractivity contribution in [2.75, 3.05) is 5.73 Å². The van der Waals surface area contributed by atoms with E-state index < -0.39 is 5.91 Å². The van der Waals surface area contributed by atoms with Crippen LogP contribution in [0.4, 0.5) is 5.69 Å². The largest absolute Gasteiger partial charge is 0.398 e. The molecule has 1 aromatic carbocycles. The standard InChI is InChI=1S/C16H23N3O2/c17-14-8-7-10(9-13(14)16(19)21)11-5-3-1-2-4-6-12(11)15(18)20/h7-9,11-12H,1-6,17H2,(H2,18,20)(H2,19,21). The predicted molar refractivity (Wildman–Crippen MR) is 82.5 cm³/mol. The zero-order chi connectivity index (χ0) is 15.4. The summed E-state index contributed by atoms with van der Waals surface area (Å²) in [6.45, 7) is 0. The zero-order valence-corrected chi connectivity index (χ0v) is 12.2. The molecule has 1 aromatic rings. The molecule has 2 atom stereocenters. The highest BCUT2D eigenvalue weighted by atomic mass is 16.1. The van der Waals surface area contributed by atoms with Gasteiger partial charge >= 0.3 is 0 Å². The molecule has 0 radical (unpaired) electrons. The summed E-state index contributed by atoms with van der Waals surface area (Å²) in [4.78, 5) is 23.2. The molecule has 1 fully saturated rings. The van der Waals surface area contributed by atoms with Crippen LogP contribution in [0.3, 0.4) is 0 Å². The van der Waals surface area contributed by atoms with E-state index in [9.17, 15) is 9.59 Å². The van der Waals surface area contributed by atoms with Crippen molar-refractivity contribution in [2.45, 2.75) is 44.4 Å². The summed E-state index contributed by atoms with van der Waals surface area (Å²) < 4.78 is 0. The van der Waals surface area contributed by atoms with Crippen molar-refractivity contribution < 1.29 is 9.59 Å². The minimum atomic E-state index is -0.546. The van der Waals surface area contributed by atoms with Gasteiger partial charge in [-0.2, -0.15) is 0 Å². The average molecular weight is 289 g/mol. The number of primary amides is 2. The third-order valence-corrected chi connectivity index (χ3v) is 4.40. The van der Waals surface area contributed by atoms with Crippen molar-refractivity contribution in [3.63, 3.8) is 0 Å². The topological polar surface area (TPSA) is 112 Å². The van der Waals surface area contributed by atoms with E-state index in [1.807, 2.05) is 6.07 Å². The Kier molecular flexibility index (Phi) is 4.83. The van der Waals surface area contributed by atoms with Crippen molar-refractivity contribution in [3.05, 3.63) is 29.3 Å². The molecule has 0 saturated heterocycles. The molecule has 2 rings (SSSR count). The Hall–Kier alpha value is -2.04. The maximum Gasteiger partial charge on any atom is 0.250 e. The van der Waals surface area contributed by atoms with Gasteiger partial charge < -0.3 is 17.2 Å². The third kappa shape index (κ3) is 3.54. The van der Waals surface area contributed by atoms with Crippen molar-refractivity contribution in [2.24, 2.45) is 17.4 Å². The number of nitrogens with two attached hydrogens (primary N) is 3. The second kappa shape index (κ2) is 6.61. The molecule has 0 spiro atoms. The lowest BCUT2D eigenvalue weighted by atomic mass is 9.77. The fourth-order valence-electron chi connectivity index (χ4n) is 3.24. The number of benzene rings is 1. The van der Waals surface area contributed by atoms with Crippen LogP contribution in [0.25, 0.3) is 0 Å². The summed E-state index contributed by atoms with van der Waals surface area (Å²) in [5.41, 5.74) is 18.3. The lowest BCUT2D eigenvalue weighted by Gasteiger charge is -2.28. The molecule has 0 aromatic heterocycles. The smallest absolute Gasteiger partial charge is 0.250 e. The van der Waals surface area contributed by atoms with Crippen LogP contribution in [0, 0.1) is 5.92 Å². The van der Waals surface area contributed by atoms with Crippen LogP contribution >= 0.6 is 0 Å². The normalized spacial score (nSPS) is 23.0. The molecule has 1 saturated carbocycles. The van der Waals surface area contributed by atoms with E-state index in [0.717, 1.165) is 37.7 Å². The Morgan fingerprint density at radius 2 is 1.67 bits per heavy atom. The van der Waals surface area contributed by atoms with Crippen LogP contribution in [0.1, 0.15) is 60.4 Å². The van der Waals surface area contributed by atoms with Crippen molar-refractivity contribution in [1.82, 2.24) is 0 Å². The molecule has 0 bridgehead atoms. The SMILES string of the molecule is NC(=O)c1cc(C2CCCCCCC2C(N)=O)ccc1N. The van der Waals surface area contributed by atoms with E-state index in [0.29, 0.717) is 11.3 Å². The van der Waals surface area contributed by atoms with Gasteiger partial charge in [-0.1, -0.05) is 31.7 Å². The van der Waals surface area contributed by atoms with Gasteiger partial charge in [0.15, 0.2) is 0 Å². The highest BCUT2D eigenvalue weighted by Gasteiger charge is 2.29. The lowest BCUT2D eigenvalue weighted by molar-refractivity contribution is -0.123. The number of hydrogen-bond acceptors (Lipinski definition) is 3. The van der Waals surface area contributed by atoms with E-state index in [-0.39, 0.29) is 17.7 Å². The maximum atomic E-state index is 11.8. The van der Waals surface area contributed by atoms with Crippen LogP contribution in [0.5, 0.6) is 0 Å². The number of carbonyl (C=O) groups excluding carboxylic acids is 2. The van der Waals surface area contributed by atoms with Gasteiger partial charge in [-0.05, 0) is 36.5 Å². The average Bonchev–Trinajstić information content (AvgIpc) is 2.39. The summed E-state index contributed by atoms with van der Waals surface area (Å²) >= 11 is 0. The molecule has 0 aliphatic heterocycles. The minimum absolute atomic E-state index is 0.0431. The number of amides is 2. The quantitative estimate of drug-likeness (QED) is 0.739. The number of nitrogen functional groups attached to an aromatic ring is 1. The first-order valence-corrected chi connectivity index (χ1v) is 7.49. The van der Waals surface area contributed by atoms with Gasteiger partial charge in [0.1, 0.15) is 0 Å². The molecule has 6 N–H and O–H groups in total. The lowest BCUT2D eigenvalue weighted by Crippen LogP contribution is -2.30. The van der Waals surface area contributed by atoms with Gasteiger partial charge in [-0.15, -0.1) is 0 Å². The van der Waals surface area contributed by atoms with Crippen LogP contribution < -0.4 is 17.2 Å². The summed E-state index contributed by atoms with van der Waals surface area (Å²) in [5, 5.41) is 0. The minimum Gasteiger partial charge on any atom is -0.398 e. The highest BCUT2D eigenvalue weighted by Crippen LogP contribution is 2.36. The second-order valence-electron chi connectivity index (χ2n) is 5.82. The van der Waals surface area contributed by atoms with Gasteiger partial charge in [0.25, 0.3) is 5.91 Å². The fourth-order valence-corrected chi connectivity index (χ4v) is 3.24. The molecule has 2 amide bonds. The molecule has 1 aliphatic rings. The van der Waals surface area contributed by atoms with E-state index in [2.05, 4.69) is 0 Å². The van der Waals surface area contributed by atoms with Gasteiger partial charge in [-0.25, -0.2) is 0 Å². The second-order valence-corrected chi connectivity index (χ2v) is 5.82. The van der Waals surface area contributed by atoms with Crippen molar-refractivity contribution >= 4 is 17.5 Å². The van der Waals surface area contributed by atoms with Crippen LogP contribution in [-0.2, 0) is 4.79 Å². The van der Waals surface area contributed by atoms with Gasteiger partial charge in [0, 0.05) is 11.6 Å². The number of rotatable bonds is 3. The number of carbonyl (C=O) groups is 2. The molecule has 2 unspecified atom stereocenters. The third-order valence-electron chi connectivity index (χ3n) is 4.40. The molecule has 5 nitrogen and oxygen atoms in total. The Morgan fingerprint density at radius 1 is 1.00 bits per heavy atom. The molecule has 0 heterocycles. The first kappa shape index (κ1) is 15.4. The van der Waals surface area contributed by atoms with E-state index in [1.165, 1.54) is 6.42 Å². The summed E-state index contributed by atoms with van der Waals surface area (Å²) in [5.74, 6) is -0.952. The summed E-state index contributed by atoms with van der Waals surface area (Å²) in [6, 6.07) is 5.29. The fraction of sp³-hybridized carbons (Fsp3) is 0.500.